The largest absolute Gasteiger partial charge is 0.417 e. The second-order valence-electron chi connectivity index (χ2n) is 5.37. The summed E-state index contributed by atoms with van der Waals surface area (Å²) in [6.07, 6.45) is -4.62. The van der Waals surface area contributed by atoms with Crippen LogP contribution in [0, 0.1) is 0 Å². The number of carbonyl (C=O) groups is 2. The molecule has 0 radical (unpaired) electrons. The second kappa shape index (κ2) is 6.99. The van der Waals surface area contributed by atoms with Crippen LogP contribution in [0.15, 0.2) is 24.3 Å². The molecule has 1 saturated heterocycles. The minimum atomic E-state index is -4.62. The SMILES string of the molecule is C[C@H]1CNCCN1C(=O)CNC(=O)c1ccccc1C(F)(F)F. The van der Waals surface area contributed by atoms with Crippen molar-refractivity contribution in [3.8, 4) is 0 Å². The fourth-order valence-corrected chi connectivity index (χ4v) is 2.49. The highest BCUT2D eigenvalue weighted by molar-refractivity contribution is 5.97. The number of rotatable bonds is 3. The molecule has 2 rings (SSSR count). The number of hydrogen-bond acceptors (Lipinski definition) is 3. The lowest BCUT2D eigenvalue weighted by atomic mass is 10.1. The summed E-state index contributed by atoms with van der Waals surface area (Å²) in [6.45, 7) is 3.35. The Labute approximate surface area is 131 Å². The zero-order valence-corrected chi connectivity index (χ0v) is 12.6. The van der Waals surface area contributed by atoms with Crippen molar-refractivity contribution in [3.63, 3.8) is 0 Å². The summed E-state index contributed by atoms with van der Waals surface area (Å²) in [7, 11) is 0. The van der Waals surface area contributed by atoms with E-state index in [2.05, 4.69) is 10.6 Å². The van der Waals surface area contributed by atoms with Crippen LogP contribution < -0.4 is 10.6 Å². The van der Waals surface area contributed by atoms with E-state index < -0.39 is 23.2 Å². The van der Waals surface area contributed by atoms with Gasteiger partial charge in [0.2, 0.25) is 5.91 Å². The van der Waals surface area contributed by atoms with Crippen LogP contribution in [0.3, 0.4) is 0 Å². The molecule has 1 atom stereocenters. The van der Waals surface area contributed by atoms with Gasteiger partial charge in [0.25, 0.3) is 5.91 Å². The molecule has 5 nitrogen and oxygen atoms in total. The van der Waals surface area contributed by atoms with Crippen LogP contribution >= 0.6 is 0 Å². The van der Waals surface area contributed by atoms with E-state index in [1.165, 1.54) is 12.1 Å². The molecule has 0 bridgehead atoms. The highest BCUT2D eigenvalue weighted by Gasteiger charge is 2.35. The Morgan fingerprint density at radius 3 is 2.70 bits per heavy atom. The molecule has 0 saturated carbocycles. The number of hydrogen-bond donors (Lipinski definition) is 2. The van der Waals surface area contributed by atoms with E-state index in [0.717, 1.165) is 12.1 Å². The fraction of sp³-hybridized carbons (Fsp3) is 0.467. The van der Waals surface area contributed by atoms with Gasteiger partial charge in [0.1, 0.15) is 0 Å². The molecule has 8 heteroatoms. The topological polar surface area (TPSA) is 61.4 Å². The summed E-state index contributed by atoms with van der Waals surface area (Å²) >= 11 is 0. The number of benzene rings is 1. The first-order valence-corrected chi connectivity index (χ1v) is 7.25. The summed E-state index contributed by atoms with van der Waals surface area (Å²) in [4.78, 5) is 25.7. The molecule has 1 aliphatic heterocycles. The van der Waals surface area contributed by atoms with Crippen molar-refractivity contribution in [2.75, 3.05) is 26.2 Å². The Hall–Kier alpha value is -2.09. The number of piperazine rings is 1. The monoisotopic (exact) mass is 329 g/mol. The first-order valence-electron chi connectivity index (χ1n) is 7.25. The van der Waals surface area contributed by atoms with E-state index in [1.807, 2.05) is 6.92 Å². The third kappa shape index (κ3) is 4.22. The summed E-state index contributed by atoms with van der Waals surface area (Å²) in [5, 5.41) is 5.41. The second-order valence-corrected chi connectivity index (χ2v) is 5.37. The quantitative estimate of drug-likeness (QED) is 0.878. The fourth-order valence-electron chi connectivity index (χ4n) is 2.49. The van der Waals surface area contributed by atoms with Crippen LogP contribution in [-0.4, -0.2) is 48.9 Å². The molecule has 0 aliphatic carbocycles. The van der Waals surface area contributed by atoms with Gasteiger partial charge in [-0.25, -0.2) is 0 Å². The summed E-state index contributed by atoms with van der Waals surface area (Å²) in [5.41, 5.74) is -1.50. The van der Waals surface area contributed by atoms with Crippen LogP contribution in [0.2, 0.25) is 0 Å². The molecule has 1 heterocycles. The van der Waals surface area contributed by atoms with Gasteiger partial charge in [-0.1, -0.05) is 12.1 Å². The van der Waals surface area contributed by atoms with Crippen molar-refractivity contribution in [2.24, 2.45) is 0 Å². The predicted molar refractivity (Wildman–Crippen MR) is 77.8 cm³/mol. The van der Waals surface area contributed by atoms with Gasteiger partial charge in [-0.15, -0.1) is 0 Å². The zero-order chi connectivity index (χ0) is 17.0. The molecule has 126 valence electrons. The molecular weight excluding hydrogens is 311 g/mol. The van der Waals surface area contributed by atoms with Crippen LogP contribution in [-0.2, 0) is 11.0 Å². The van der Waals surface area contributed by atoms with E-state index in [1.54, 1.807) is 4.90 Å². The van der Waals surface area contributed by atoms with Crippen molar-refractivity contribution >= 4 is 11.8 Å². The van der Waals surface area contributed by atoms with E-state index in [4.69, 9.17) is 0 Å². The maximum atomic E-state index is 12.9. The smallest absolute Gasteiger partial charge is 0.343 e. The number of halogens is 3. The summed E-state index contributed by atoms with van der Waals surface area (Å²) in [5.74, 6) is -1.22. The molecule has 0 aromatic heterocycles. The molecule has 0 unspecified atom stereocenters. The molecular formula is C15H18F3N3O2. The van der Waals surface area contributed by atoms with Crippen molar-refractivity contribution in [1.29, 1.82) is 0 Å². The zero-order valence-electron chi connectivity index (χ0n) is 12.6. The lowest BCUT2D eigenvalue weighted by Gasteiger charge is -2.34. The van der Waals surface area contributed by atoms with Crippen LogP contribution in [0.1, 0.15) is 22.8 Å². The van der Waals surface area contributed by atoms with Gasteiger partial charge in [0, 0.05) is 25.7 Å². The number of alkyl halides is 3. The highest BCUT2D eigenvalue weighted by Crippen LogP contribution is 2.31. The Balaban J connectivity index is 2.02. The molecule has 23 heavy (non-hydrogen) atoms. The maximum absolute atomic E-state index is 12.9. The number of carbonyl (C=O) groups excluding carboxylic acids is 2. The summed E-state index contributed by atoms with van der Waals surface area (Å²) < 4.78 is 38.7. The average Bonchev–Trinajstić information content (AvgIpc) is 2.52. The Morgan fingerprint density at radius 1 is 1.35 bits per heavy atom. The minimum Gasteiger partial charge on any atom is -0.343 e. The lowest BCUT2D eigenvalue weighted by Crippen LogP contribution is -2.54. The molecule has 0 spiro atoms. The van der Waals surface area contributed by atoms with Gasteiger partial charge >= 0.3 is 6.18 Å². The van der Waals surface area contributed by atoms with Crippen LogP contribution in [0.4, 0.5) is 13.2 Å². The van der Waals surface area contributed by atoms with Crippen molar-refractivity contribution in [3.05, 3.63) is 35.4 Å². The van der Waals surface area contributed by atoms with Gasteiger partial charge in [-0.05, 0) is 19.1 Å². The molecule has 1 aromatic carbocycles. The molecule has 2 N–H and O–H groups in total. The Morgan fingerprint density at radius 2 is 2.04 bits per heavy atom. The third-order valence-corrected chi connectivity index (χ3v) is 3.70. The molecule has 1 fully saturated rings. The van der Waals surface area contributed by atoms with E-state index in [0.29, 0.717) is 19.6 Å². The van der Waals surface area contributed by atoms with Crippen molar-refractivity contribution in [2.45, 2.75) is 19.1 Å². The lowest BCUT2D eigenvalue weighted by molar-refractivity contribution is -0.137. The number of nitrogens with one attached hydrogen (secondary N) is 2. The minimum absolute atomic E-state index is 0.0180. The number of amides is 2. The molecule has 2 amide bonds. The van der Waals surface area contributed by atoms with E-state index >= 15 is 0 Å². The van der Waals surface area contributed by atoms with E-state index in [-0.39, 0.29) is 18.5 Å². The first kappa shape index (κ1) is 17.3. The molecule has 1 aromatic rings. The normalized spacial score (nSPS) is 18.6. The van der Waals surface area contributed by atoms with Gasteiger partial charge in [-0.2, -0.15) is 13.2 Å². The van der Waals surface area contributed by atoms with Crippen molar-refractivity contribution < 1.29 is 22.8 Å². The molecule has 1 aliphatic rings. The van der Waals surface area contributed by atoms with Gasteiger partial charge in [-0.3, -0.25) is 9.59 Å². The van der Waals surface area contributed by atoms with E-state index in [9.17, 15) is 22.8 Å². The standard InChI is InChI=1S/C15H18F3N3O2/c1-10-8-19-6-7-21(10)13(22)9-20-14(23)11-4-2-3-5-12(11)15(16,17)18/h2-5,10,19H,6-9H2,1H3,(H,20,23)/t10-/m0/s1. The Kier molecular flexibility index (Phi) is 5.25. The van der Waals surface area contributed by atoms with Gasteiger partial charge < -0.3 is 15.5 Å². The van der Waals surface area contributed by atoms with Crippen LogP contribution in [0.5, 0.6) is 0 Å². The van der Waals surface area contributed by atoms with Gasteiger partial charge in [0.15, 0.2) is 0 Å². The predicted octanol–water partition coefficient (Wildman–Crippen LogP) is 1.26. The average molecular weight is 329 g/mol. The third-order valence-electron chi connectivity index (χ3n) is 3.70. The maximum Gasteiger partial charge on any atom is 0.417 e. The van der Waals surface area contributed by atoms with Crippen molar-refractivity contribution in [1.82, 2.24) is 15.5 Å². The number of nitrogens with zero attached hydrogens (tertiary/aromatic N) is 1. The van der Waals surface area contributed by atoms with Crippen LogP contribution in [0.25, 0.3) is 0 Å². The highest BCUT2D eigenvalue weighted by atomic mass is 19.4. The first-order chi connectivity index (χ1) is 10.8. The van der Waals surface area contributed by atoms with Gasteiger partial charge in [0.05, 0.1) is 17.7 Å². The Bertz CT molecular complexity index is 590. The summed E-state index contributed by atoms with van der Waals surface area (Å²) in [6, 6.07) is 4.48.